The SMILES string of the molecule is CC(=O)Oc1ccccc1C(=O)NC1CCN(CCCOc2ccc3c(=O)cc(C)oc3c2)CC1. The molecule has 1 fully saturated rings. The van der Waals surface area contributed by atoms with Gasteiger partial charge in [-0.3, -0.25) is 14.4 Å². The quantitative estimate of drug-likeness (QED) is 0.300. The van der Waals surface area contributed by atoms with E-state index in [1.165, 1.54) is 13.0 Å². The molecule has 1 amide bonds. The Labute approximate surface area is 203 Å². The highest BCUT2D eigenvalue weighted by Crippen LogP contribution is 2.21. The lowest BCUT2D eigenvalue weighted by Gasteiger charge is -2.32. The molecule has 1 saturated heterocycles. The molecule has 8 nitrogen and oxygen atoms in total. The number of fused-ring (bicyclic) bond motifs is 1. The highest BCUT2D eigenvalue weighted by molar-refractivity contribution is 5.97. The minimum absolute atomic E-state index is 0.0523. The molecule has 8 heteroatoms. The lowest BCUT2D eigenvalue weighted by atomic mass is 10.0. The lowest BCUT2D eigenvalue weighted by molar-refractivity contribution is -0.131. The van der Waals surface area contributed by atoms with Crippen molar-refractivity contribution >= 4 is 22.8 Å². The standard InChI is InChI=1S/C27H30N2O6/c1-18-16-24(31)22-9-8-21(17-26(22)34-18)33-15-5-12-29-13-10-20(11-14-29)28-27(32)23-6-3-4-7-25(23)35-19(2)30/h3-4,6-9,16-17,20H,5,10-15H2,1-2H3,(H,28,32). The zero-order valence-electron chi connectivity index (χ0n) is 20.0. The van der Waals surface area contributed by atoms with Crippen LogP contribution in [0.5, 0.6) is 11.5 Å². The van der Waals surface area contributed by atoms with Crippen molar-refractivity contribution in [2.24, 2.45) is 0 Å². The number of hydrogen-bond acceptors (Lipinski definition) is 7. The molecule has 0 spiro atoms. The number of hydrogen-bond donors (Lipinski definition) is 1. The highest BCUT2D eigenvalue weighted by Gasteiger charge is 2.22. The Hall–Kier alpha value is -3.65. The van der Waals surface area contributed by atoms with E-state index in [0.717, 1.165) is 38.9 Å². The van der Waals surface area contributed by atoms with Crippen molar-refractivity contribution in [1.82, 2.24) is 10.2 Å². The zero-order valence-corrected chi connectivity index (χ0v) is 20.0. The molecule has 0 saturated carbocycles. The third-order valence-corrected chi connectivity index (χ3v) is 6.02. The summed E-state index contributed by atoms with van der Waals surface area (Å²) in [6, 6.07) is 13.6. The molecule has 184 valence electrons. The molecule has 0 unspecified atom stereocenters. The van der Waals surface area contributed by atoms with Gasteiger partial charge in [-0.05, 0) is 50.5 Å². The van der Waals surface area contributed by atoms with E-state index in [1.807, 2.05) is 0 Å². The van der Waals surface area contributed by atoms with Crippen LogP contribution in [0.4, 0.5) is 0 Å². The number of amides is 1. The molecular weight excluding hydrogens is 448 g/mol. The van der Waals surface area contributed by atoms with Gasteiger partial charge in [0.25, 0.3) is 5.91 Å². The number of carbonyl (C=O) groups excluding carboxylic acids is 2. The molecule has 1 aliphatic rings. The molecular formula is C27H30N2O6. The number of rotatable bonds is 8. The lowest BCUT2D eigenvalue weighted by Crippen LogP contribution is -2.45. The van der Waals surface area contributed by atoms with E-state index < -0.39 is 5.97 Å². The van der Waals surface area contributed by atoms with E-state index >= 15 is 0 Å². The average molecular weight is 479 g/mol. The van der Waals surface area contributed by atoms with Gasteiger partial charge < -0.3 is 24.1 Å². The van der Waals surface area contributed by atoms with Crippen LogP contribution < -0.4 is 20.2 Å². The summed E-state index contributed by atoms with van der Waals surface area (Å²) < 4.78 is 16.7. The summed E-state index contributed by atoms with van der Waals surface area (Å²) in [6.45, 7) is 6.30. The van der Waals surface area contributed by atoms with Crippen LogP contribution in [0.3, 0.4) is 0 Å². The van der Waals surface area contributed by atoms with Crippen LogP contribution in [0, 0.1) is 6.92 Å². The first-order valence-electron chi connectivity index (χ1n) is 11.9. The van der Waals surface area contributed by atoms with Gasteiger partial charge in [0.2, 0.25) is 0 Å². The third-order valence-electron chi connectivity index (χ3n) is 6.02. The Bertz CT molecular complexity index is 1260. The van der Waals surface area contributed by atoms with Gasteiger partial charge in [-0.1, -0.05) is 12.1 Å². The monoisotopic (exact) mass is 478 g/mol. The minimum atomic E-state index is -0.454. The maximum Gasteiger partial charge on any atom is 0.308 e. The van der Waals surface area contributed by atoms with Gasteiger partial charge in [0.05, 0.1) is 17.6 Å². The maximum atomic E-state index is 12.7. The Morgan fingerprint density at radius 3 is 2.66 bits per heavy atom. The van der Waals surface area contributed by atoms with Gasteiger partial charge in [-0.2, -0.15) is 0 Å². The Morgan fingerprint density at radius 2 is 1.89 bits per heavy atom. The van der Waals surface area contributed by atoms with Gasteiger partial charge >= 0.3 is 5.97 Å². The first kappa shape index (κ1) is 24.5. The number of likely N-dealkylation sites (tertiary alicyclic amines) is 1. The molecule has 2 aromatic carbocycles. The fourth-order valence-electron chi connectivity index (χ4n) is 4.29. The first-order chi connectivity index (χ1) is 16.9. The van der Waals surface area contributed by atoms with Gasteiger partial charge in [0.15, 0.2) is 5.43 Å². The van der Waals surface area contributed by atoms with Crippen LogP contribution in [-0.2, 0) is 4.79 Å². The molecule has 1 N–H and O–H groups in total. The molecule has 0 radical (unpaired) electrons. The van der Waals surface area contributed by atoms with Crippen LogP contribution in [0.1, 0.15) is 42.3 Å². The molecule has 0 atom stereocenters. The highest BCUT2D eigenvalue weighted by atomic mass is 16.5. The molecule has 0 aliphatic carbocycles. The first-order valence-corrected chi connectivity index (χ1v) is 11.9. The number of para-hydroxylation sites is 1. The number of esters is 1. The van der Waals surface area contributed by atoms with Gasteiger partial charge in [-0.15, -0.1) is 0 Å². The molecule has 3 aromatic rings. The number of benzene rings is 2. The second kappa shape index (κ2) is 11.2. The minimum Gasteiger partial charge on any atom is -0.493 e. The van der Waals surface area contributed by atoms with Gasteiger partial charge in [-0.25, -0.2) is 0 Å². The Morgan fingerprint density at radius 1 is 1.11 bits per heavy atom. The van der Waals surface area contributed by atoms with Crippen molar-refractivity contribution in [2.45, 2.75) is 39.2 Å². The molecule has 4 rings (SSSR count). The fourth-order valence-corrected chi connectivity index (χ4v) is 4.29. The van der Waals surface area contributed by atoms with Crippen LogP contribution >= 0.6 is 0 Å². The number of piperidine rings is 1. The summed E-state index contributed by atoms with van der Waals surface area (Å²) in [7, 11) is 0. The molecule has 2 heterocycles. The van der Waals surface area contributed by atoms with Crippen molar-refractivity contribution in [3.8, 4) is 11.5 Å². The van der Waals surface area contributed by atoms with Crippen molar-refractivity contribution < 1.29 is 23.5 Å². The summed E-state index contributed by atoms with van der Waals surface area (Å²) in [5.41, 5.74) is 0.848. The largest absolute Gasteiger partial charge is 0.493 e. The van der Waals surface area contributed by atoms with E-state index in [0.29, 0.717) is 34.6 Å². The maximum absolute atomic E-state index is 12.7. The van der Waals surface area contributed by atoms with Crippen LogP contribution in [0.2, 0.25) is 0 Å². The topological polar surface area (TPSA) is 98.1 Å². The summed E-state index contributed by atoms with van der Waals surface area (Å²) in [6.07, 6.45) is 2.57. The van der Waals surface area contributed by atoms with Crippen LogP contribution in [0.25, 0.3) is 11.0 Å². The molecule has 0 bridgehead atoms. The molecule has 1 aromatic heterocycles. The van der Waals surface area contributed by atoms with Gasteiger partial charge in [0.1, 0.15) is 22.8 Å². The number of ether oxygens (including phenoxy) is 2. The number of nitrogens with one attached hydrogen (secondary N) is 1. The summed E-state index contributed by atoms with van der Waals surface area (Å²) in [5.74, 6) is 0.855. The number of aryl methyl sites for hydroxylation is 1. The second-order valence-corrected chi connectivity index (χ2v) is 8.76. The fraction of sp³-hybridized carbons (Fsp3) is 0.370. The Balaban J connectivity index is 1.20. The van der Waals surface area contributed by atoms with E-state index in [-0.39, 0.29) is 23.1 Å². The summed E-state index contributed by atoms with van der Waals surface area (Å²) in [5, 5.41) is 3.62. The zero-order chi connectivity index (χ0) is 24.8. The van der Waals surface area contributed by atoms with E-state index in [1.54, 1.807) is 49.4 Å². The third kappa shape index (κ3) is 6.48. The second-order valence-electron chi connectivity index (χ2n) is 8.76. The van der Waals surface area contributed by atoms with Crippen LogP contribution in [-0.4, -0.2) is 49.1 Å². The van der Waals surface area contributed by atoms with E-state index in [2.05, 4.69) is 10.2 Å². The predicted octanol–water partition coefficient (Wildman–Crippen LogP) is 3.69. The van der Waals surface area contributed by atoms with Crippen molar-refractivity contribution in [3.63, 3.8) is 0 Å². The van der Waals surface area contributed by atoms with Crippen molar-refractivity contribution in [3.05, 3.63) is 70.1 Å². The predicted molar refractivity (Wildman–Crippen MR) is 132 cm³/mol. The van der Waals surface area contributed by atoms with Crippen LogP contribution in [0.15, 0.2) is 57.7 Å². The number of nitrogens with zero attached hydrogens (tertiary/aromatic N) is 1. The number of carbonyl (C=O) groups is 2. The smallest absolute Gasteiger partial charge is 0.308 e. The summed E-state index contributed by atoms with van der Waals surface area (Å²) >= 11 is 0. The van der Waals surface area contributed by atoms with E-state index in [4.69, 9.17) is 13.9 Å². The summed E-state index contributed by atoms with van der Waals surface area (Å²) in [4.78, 5) is 38.4. The van der Waals surface area contributed by atoms with Crippen molar-refractivity contribution in [1.29, 1.82) is 0 Å². The van der Waals surface area contributed by atoms with Crippen molar-refractivity contribution in [2.75, 3.05) is 26.2 Å². The molecule has 1 aliphatic heterocycles. The van der Waals surface area contributed by atoms with E-state index in [9.17, 15) is 14.4 Å². The average Bonchev–Trinajstić information content (AvgIpc) is 2.82. The normalized spacial score (nSPS) is 14.6. The van der Waals surface area contributed by atoms with Gasteiger partial charge in [0, 0.05) is 44.7 Å². The Kier molecular flexibility index (Phi) is 7.82. The molecule has 35 heavy (non-hydrogen) atoms.